The summed E-state index contributed by atoms with van der Waals surface area (Å²) >= 11 is 0. The van der Waals surface area contributed by atoms with Gasteiger partial charge in [0.15, 0.2) is 6.10 Å². The average Bonchev–Trinajstić information content (AvgIpc) is 2.18. The molecule has 3 atom stereocenters. The van der Waals surface area contributed by atoms with Crippen molar-refractivity contribution in [3.63, 3.8) is 0 Å². The highest BCUT2D eigenvalue weighted by molar-refractivity contribution is 5.82. The minimum Gasteiger partial charge on any atom is -0.388 e. The van der Waals surface area contributed by atoms with Crippen LogP contribution in [0.25, 0.3) is 0 Å². The lowest BCUT2D eigenvalue weighted by Crippen LogP contribution is -2.58. The molecule has 1 amide bonds. The summed E-state index contributed by atoms with van der Waals surface area (Å²) < 4.78 is 0. The number of piperidine rings is 1. The Balaban J connectivity index is 2.56. The van der Waals surface area contributed by atoms with Gasteiger partial charge >= 0.3 is 0 Å². The SMILES string of the molecule is CCCCN1C[C@@H](O)[C@@H](O)[C@@H](O)C1=O. The van der Waals surface area contributed by atoms with Crippen LogP contribution in [0.5, 0.6) is 0 Å². The summed E-state index contributed by atoms with van der Waals surface area (Å²) in [6.45, 7) is 2.63. The molecule has 1 fully saturated rings. The van der Waals surface area contributed by atoms with E-state index in [-0.39, 0.29) is 6.54 Å². The average molecular weight is 203 g/mol. The lowest BCUT2D eigenvalue weighted by Gasteiger charge is -2.36. The number of hydrogen-bond donors (Lipinski definition) is 3. The van der Waals surface area contributed by atoms with Crippen LogP contribution in [0.4, 0.5) is 0 Å². The number of carbonyl (C=O) groups excluding carboxylic acids is 1. The van der Waals surface area contributed by atoms with E-state index in [1.54, 1.807) is 0 Å². The molecule has 1 aliphatic rings. The predicted molar refractivity (Wildman–Crippen MR) is 49.5 cm³/mol. The summed E-state index contributed by atoms with van der Waals surface area (Å²) in [6, 6.07) is 0. The van der Waals surface area contributed by atoms with Gasteiger partial charge in [0.05, 0.1) is 0 Å². The van der Waals surface area contributed by atoms with Gasteiger partial charge in [0.2, 0.25) is 0 Å². The first-order chi connectivity index (χ1) is 6.57. The number of aliphatic hydroxyl groups is 3. The summed E-state index contributed by atoms with van der Waals surface area (Å²) in [5.74, 6) is -0.490. The van der Waals surface area contributed by atoms with Gasteiger partial charge in [-0.15, -0.1) is 0 Å². The van der Waals surface area contributed by atoms with Crippen molar-refractivity contribution in [3.05, 3.63) is 0 Å². The van der Waals surface area contributed by atoms with Crippen molar-refractivity contribution >= 4 is 5.91 Å². The van der Waals surface area contributed by atoms with E-state index >= 15 is 0 Å². The van der Waals surface area contributed by atoms with Gasteiger partial charge < -0.3 is 20.2 Å². The molecule has 0 bridgehead atoms. The van der Waals surface area contributed by atoms with Crippen LogP contribution in [0.3, 0.4) is 0 Å². The number of nitrogens with zero attached hydrogens (tertiary/aromatic N) is 1. The third-order valence-corrected chi connectivity index (χ3v) is 2.47. The van der Waals surface area contributed by atoms with Crippen LogP contribution in [0.2, 0.25) is 0 Å². The van der Waals surface area contributed by atoms with Crippen LogP contribution in [0.15, 0.2) is 0 Å². The maximum absolute atomic E-state index is 11.4. The van der Waals surface area contributed by atoms with Gasteiger partial charge in [-0.1, -0.05) is 13.3 Å². The first-order valence-corrected chi connectivity index (χ1v) is 4.91. The normalized spacial score (nSPS) is 33.6. The number of likely N-dealkylation sites (tertiary alicyclic amines) is 1. The maximum Gasteiger partial charge on any atom is 0.254 e. The maximum atomic E-state index is 11.4. The second-order valence-corrected chi connectivity index (χ2v) is 3.64. The molecule has 82 valence electrons. The Morgan fingerprint density at radius 3 is 2.64 bits per heavy atom. The van der Waals surface area contributed by atoms with E-state index in [0.29, 0.717) is 6.54 Å². The van der Waals surface area contributed by atoms with Crippen LogP contribution in [-0.4, -0.2) is 57.5 Å². The van der Waals surface area contributed by atoms with Gasteiger partial charge in [0, 0.05) is 13.1 Å². The van der Waals surface area contributed by atoms with Crippen LogP contribution >= 0.6 is 0 Å². The van der Waals surface area contributed by atoms with Crippen molar-refractivity contribution in [1.82, 2.24) is 4.90 Å². The summed E-state index contributed by atoms with van der Waals surface area (Å²) in [7, 11) is 0. The number of amides is 1. The first-order valence-electron chi connectivity index (χ1n) is 4.91. The number of β-amino-alcohol motifs (C(OH)–C–C–N with tert-alkyl or cyclic N) is 1. The molecule has 0 saturated carbocycles. The van der Waals surface area contributed by atoms with Gasteiger partial charge in [-0.25, -0.2) is 0 Å². The van der Waals surface area contributed by atoms with E-state index in [1.165, 1.54) is 4.90 Å². The lowest BCUT2D eigenvalue weighted by atomic mass is 10.0. The molecular formula is C9H17NO4. The zero-order chi connectivity index (χ0) is 10.7. The van der Waals surface area contributed by atoms with E-state index in [2.05, 4.69) is 0 Å². The van der Waals surface area contributed by atoms with Crippen molar-refractivity contribution in [1.29, 1.82) is 0 Å². The molecule has 1 heterocycles. The molecule has 0 aromatic rings. The monoisotopic (exact) mass is 203 g/mol. The van der Waals surface area contributed by atoms with Gasteiger partial charge in [-0.2, -0.15) is 0 Å². The zero-order valence-corrected chi connectivity index (χ0v) is 8.26. The molecule has 0 aromatic carbocycles. The lowest BCUT2D eigenvalue weighted by molar-refractivity contribution is -0.165. The van der Waals surface area contributed by atoms with Crippen LogP contribution in [0.1, 0.15) is 19.8 Å². The highest BCUT2D eigenvalue weighted by Crippen LogP contribution is 2.13. The van der Waals surface area contributed by atoms with Gasteiger partial charge in [0.25, 0.3) is 5.91 Å². The van der Waals surface area contributed by atoms with Gasteiger partial charge in [0.1, 0.15) is 12.2 Å². The second-order valence-electron chi connectivity index (χ2n) is 3.64. The van der Waals surface area contributed by atoms with E-state index in [4.69, 9.17) is 0 Å². The standard InChI is InChI=1S/C9H17NO4/c1-2-3-4-10-5-6(11)7(12)8(13)9(10)14/h6-8,11-13H,2-5H2,1H3/t6-,7-,8-/m1/s1. The molecule has 0 unspecified atom stereocenters. The fourth-order valence-corrected chi connectivity index (χ4v) is 1.52. The Hall–Kier alpha value is -0.650. The quantitative estimate of drug-likeness (QED) is 0.533. The summed E-state index contributed by atoms with van der Waals surface area (Å²) in [5, 5.41) is 27.8. The van der Waals surface area contributed by atoms with Crippen LogP contribution < -0.4 is 0 Å². The molecule has 0 radical (unpaired) electrons. The molecule has 1 aliphatic heterocycles. The summed E-state index contributed by atoms with van der Waals surface area (Å²) in [4.78, 5) is 12.8. The first kappa shape index (κ1) is 11.4. The number of aliphatic hydroxyl groups excluding tert-OH is 3. The fourth-order valence-electron chi connectivity index (χ4n) is 1.52. The highest BCUT2D eigenvalue weighted by atomic mass is 16.4. The van der Waals surface area contributed by atoms with E-state index in [0.717, 1.165) is 12.8 Å². The predicted octanol–water partition coefficient (Wildman–Crippen LogP) is -1.29. The molecule has 0 aliphatic carbocycles. The molecule has 5 nitrogen and oxygen atoms in total. The minimum atomic E-state index is -1.48. The summed E-state index contributed by atoms with van der Waals surface area (Å²) in [6.07, 6.45) is -2.09. The Bertz CT molecular complexity index is 209. The molecule has 0 spiro atoms. The third-order valence-electron chi connectivity index (χ3n) is 2.47. The third kappa shape index (κ3) is 2.23. The molecule has 0 aromatic heterocycles. The summed E-state index contributed by atoms with van der Waals surface area (Å²) in [5.41, 5.74) is 0. The Morgan fingerprint density at radius 1 is 1.43 bits per heavy atom. The van der Waals surface area contributed by atoms with Crippen molar-refractivity contribution in [2.24, 2.45) is 0 Å². The highest BCUT2D eigenvalue weighted by Gasteiger charge is 2.39. The Kier molecular flexibility index (Phi) is 3.86. The molecule has 5 heteroatoms. The second kappa shape index (κ2) is 4.72. The van der Waals surface area contributed by atoms with Crippen molar-refractivity contribution in [2.75, 3.05) is 13.1 Å². The Labute approximate surface area is 83.0 Å². The van der Waals surface area contributed by atoms with Gasteiger partial charge in [-0.3, -0.25) is 4.79 Å². The number of carbonyl (C=O) groups is 1. The molecule has 3 N–H and O–H groups in total. The van der Waals surface area contributed by atoms with E-state index in [9.17, 15) is 20.1 Å². The van der Waals surface area contributed by atoms with Crippen LogP contribution in [-0.2, 0) is 4.79 Å². The zero-order valence-electron chi connectivity index (χ0n) is 8.26. The van der Waals surface area contributed by atoms with Crippen molar-refractivity contribution in [3.8, 4) is 0 Å². The Morgan fingerprint density at radius 2 is 2.07 bits per heavy atom. The number of unbranched alkanes of at least 4 members (excludes halogenated alkanes) is 1. The fraction of sp³-hybridized carbons (Fsp3) is 0.889. The topological polar surface area (TPSA) is 81.0 Å². The molecular weight excluding hydrogens is 186 g/mol. The smallest absolute Gasteiger partial charge is 0.254 e. The molecule has 1 rings (SSSR count). The molecule has 1 saturated heterocycles. The van der Waals surface area contributed by atoms with Crippen molar-refractivity contribution < 1.29 is 20.1 Å². The van der Waals surface area contributed by atoms with Crippen molar-refractivity contribution in [2.45, 2.75) is 38.1 Å². The van der Waals surface area contributed by atoms with E-state index < -0.39 is 24.2 Å². The number of hydrogen-bond acceptors (Lipinski definition) is 4. The largest absolute Gasteiger partial charge is 0.388 e. The van der Waals surface area contributed by atoms with Gasteiger partial charge in [-0.05, 0) is 6.42 Å². The van der Waals surface area contributed by atoms with Crippen LogP contribution in [0, 0.1) is 0 Å². The minimum absolute atomic E-state index is 0.108. The number of rotatable bonds is 3. The van der Waals surface area contributed by atoms with E-state index in [1.807, 2.05) is 6.92 Å². The molecule has 14 heavy (non-hydrogen) atoms.